The van der Waals surface area contributed by atoms with Crippen molar-refractivity contribution >= 4 is 5.91 Å². The van der Waals surface area contributed by atoms with Gasteiger partial charge in [0.2, 0.25) is 11.8 Å². The third-order valence-electron chi connectivity index (χ3n) is 2.81. The number of aliphatic hydroxyl groups is 1. The van der Waals surface area contributed by atoms with Crippen molar-refractivity contribution in [3.63, 3.8) is 0 Å². The Kier molecular flexibility index (Phi) is 7.17. The van der Waals surface area contributed by atoms with Gasteiger partial charge in [-0.25, -0.2) is 0 Å². The summed E-state index contributed by atoms with van der Waals surface area (Å²) in [6.45, 7) is 2.50. The Morgan fingerprint density at radius 3 is 2.90 bits per heavy atom. The molecule has 1 amide bonds. The molecule has 20 heavy (non-hydrogen) atoms. The fourth-order valence-electron chi connectivity index (χ4n) is 1.78. The molecule has 7 nitrogen and oxygen atoms in total. The number of amides is 1. The van der Waals surface area contributed by atoms with E-state index >= 15 is 0 Å². The topological polar surface area (TPSA) is 88.7 Å². The maximum Gasteiger partial charge on any atom is 0.227 e. The molecular formula is C13H23N3O4. The largest absolute Gasteiger partial charge is 0.389 e. The summed E-state index contributed by atoms with van der Waals surface area (Å²) < 4.78 is 9.88. The van der Waals surface area contributed by atoms with Gasteiger partial charge in [-0.1, -0.05) is 12.1 Å². The van der Waals surface area contributed by atoms with Gasteiger partial charge < -0.3 is 19.3 Å². The molecule has 114 valence electrons. The minimum absolute atomic E-state index is 0.0737. The first-order chi connectivity index (χ1) is 9.56. The average Bonchev–Trinajstić information content (AvgIpc) is 2.84. The van der Waals surface area contributed by atoms with E-state index < -0.39 is 6.10 Å². The molecule has 0 bridgehead atoms. The van der Waals surface area contributed by atoms with Crippen LogP contribution in [0.15, 0.2) is 4.52 Å². The van der Waals surface area contributed by atoms with Gasteiger partial charge in [0, 0.05) is 40.0 Å². The van der Waals surface area contributed by atoms with E-state index in [2.05, 4.69) is 10.1 Å². The molecule has 1 aromatic rings. The molecule has 1 N–H and O–H groups in total. The molecule has 7 heteroatoms. The second-order valence-corrected chi connectivity index (χ2v) is 4.74. The van der Waals surface area contributed by atoms with Gasteiger partial charge >= 0.3 is 0 Å². The van der Waals surface area contributed by atoms with Crippen molar-refractivity contribution in [2.45, 2.75) is 38.7 Å². The van der Waals surface area contributed by atoms with Crippen LogP contribution in [0.2, 0.25) is 0 Å². The number of aryl methyl sites for hydroxylation is 2. The van der Waals surface area contributed by atoms with E-state index in [1.54, 1.807) is 7.05 Å². The van der Waals surface area contributed by atoms with Crippen LogP contribution in [-0.2, 0) is 22.4 Å². The Balaban J connectivity index is 2.34. The Hall–Kier alpha value is -1.47. The van der Waals surface area contributed by atoms with Gasteiger partial charge in [-0.2, -0.15) is 4.98 Å². The average molecular weight is 285 g/mol. The third kappa shape index (κ3) is 5.66. The molecule has 1 aromatic heterocycles. The Morgan fingerprint density at radius 2 is 2.25 bits per heavy atom. The number of methoxy groups -OCH3 is 1. The Morgan fingerprint density at radius 1 is 1.50 bits per heavy atom. The summed E-state index contributed by atoms with van der Waals surface area (Å²) in [6, 6.07) is 0. The molecule has 0 aliphatic heterocycles. The number of hydrogen-bond acceptors (Lipinski definition) is 6. The summed E-state index contributed by atoms with van der Waals surface area (Å²) in [5, 5.41) is 13.4. The van der Waals surface area contributed by atoms with Gasteiger partial charge in [0.05, 0.1) is 12.7 Å². The van der Waals surface area contributed by atoms with Gasteiger partial charge in [0.1, 0.15) is 0 Å². The molecule has 0 aliphatic rings. The van der Waals surface area contributed by atoms with Crippen molar-refractivity contribution in [2.75, 3.05) is 27.3 Å². The van der Waals surface area contributed by atoms with Crippen LogP contribution >= 0.6 is 0 Å². The number of rotatable bonds is 9. The maximum absolute atomic E-state index is 11.9. The lowest BCUT2D eigenvalue weighted by Gasteiger charge is -2.20. The number of likely N-dealkylation sites (N-methyl/N-ethyl adjacent to an activating group) is 1. The van der Waals surface area contributed by atoms with Gasteiger partial charge in [-0.05, 0) is 6.42 Å². The lowest BCUT2D eigenvalue weighted by molar-refractivity contribution is -0.131. The standard InChI is InChI=1S/C13H23N3O4/c1-4-5-11-14-12(20-15-11)6-7-13(18)16(2)8-10(17)9-19-3/h10,17H,4-9H2,1-3H3. The smallest absolute Gasteiger partial charge is 0.227 e. The number of carbonyl (C=O) groups excluding carboxylic acids is 1. The summed E-state index contributed by atoms with van der Waals surface area (Å²) in [5.74, 6) is 1.09. The second-order valence-electron chi connectivity index (χ2n) is 4.74. The van der Waals surface area contributed by atoms with E-state index in [0.29, 0.717) is 18.1 Å². The zero-order valence-corrected chi connectivity index (χ0v) is 12.3. The van der Waals surface area contributed by atoms with Crippen molar-refractivity contribution < 1.29 is 19.2 Å². The quantitative estimate of drug-likeness (QED) is 0.707. The van der Waals surface area contributed by atoms with Gasteiger partial charge in [-0.3, -0.25) is 4.79 Å². The molecule has 0 aliphatic carbocycles. The first kappa shape index (κ1) is 16.6. The summed E-state index contributed by atoms with van der Waals surface area (Å²) in [6.07, 6.45) is 1.76. The molecule has 1 heterocycles. The molecule has 0 fully saturated rings. The molecule has 0 aromatic carbocycles. The molecular weight excluding hydrogens is 262 g/mol. The monoisotopic (exact) mass is 285 g/mol. The van der Waals surface area contributed by atoms with Crippen molar-refractivity contribution in [1.29, 1.82) is 0 Å². The zero-order chi connectivity index (χ0) is 15.0. The Bertz CT molecular complexity index is 408. The minimum Gasteiger partial charge on any atom is -0.389 e. The predicted octanol–water partition coefficient (Wildman–Crippen LogP) is 0.420. The van der Waals surface area contributed by atoms with Crippen LogP contribution in [0.1, 0.15) is 31.5 Å². The van der Waals surface area contributed by atoms with Crippen LogP contribution in [0.3, 0.4) is 0 Å². The lowest BCUT2D eigenvalue weighted by Crippen LogP contribution is -2.36. The number of aliphatic hydroxyl groups excluding tert-OH is 1. The summed E-state index contributed by atoms with van der Waals surface area (Å²) >= 11 is 0. The molecule has 0 radical (unpaired) electrons. The molecule has 0 spiro atoms. The van der Waals surface area contributed by atoms with Crippen LogP contribution in [0, 0.1) is 0 Å². The third-order valence-corrected chi connectivity index (χ3v) is 2.81. The number of nitrogens with zero attached hydrogens (tertiary/aromatic N) is 3. The molecule has 0 saturated carbocycles. The molecule has 1 rings (SSSR count). The highest BCUT2D eigenvalue weighted by atomic mass is 16.5. The Labute approximate surface area is 118 Å². The van der Waals surface area contributed by atoms with Crippen LogP contribution in [0.5, 0.6) is 0 Å². The highest BCUT2D eigenvalue weighted by molar-refractivity contribution is 5.76. The van der Waals surface area contributed by atoms with E-state index in [0.717, 1.165) is 12.8 Å². The summed E-state index contributed by atoms with van der Waals surface area (Å²) in [7, 11) is 3.16. The van der Waals surface area contributed by atoms with E-state index in [1.807, 2.05) is 6.92 Å². The van der Waals surface area contributed by atoms with Crippen molar-refractivity contribution in [2.24, 2.45) is 0 Å². The van der Waals surface area contributed by atoms with E-state index in [9.17, 15) is 9.90 Å². The maximum atomic E-state index is 11.9. The van der Waals surface area contributed by atoms with E-state index in [-0.39, 0.29) is 25.5 Å². The van der Waals surface area contributed by atoms with Crippen LogP contribution < -0.4 is 0 Å². The highest BCUT2D eigenvalue weighted by Gasteiger charge is 2.15. The van der Waals surface area contributed by atoms with Crippen molar-refractivity contribution in [3.05, 3.63) is 11.7 Å². The SMILES string of the molecule is CCCc1noc(CCC(=O)N(C)CC(O)COC)n1. The summed E-state index contributed by atoms with van der Waals surface area (Å²) in [5.41, 5.74) is 0. The highest BCUT2D eigenvalue weighted by Crippen LogP contribution is 2.05. The minimum atomic E-state index is -0.673. The fraction of sp³-hybridized carbons (Fsp3) is 0.769. The number of hydrogen-bond donors (Lipinski definition) is 1. The second kappa shape index (κ2) is 8.65. The first-order valence-corrected chi connectivity index (χ1v) is 6.79. The van der Waals surface area contributed by atoms with Crippen molar-refractivity contribution in [3.8, 4) is 0 Å². The zero-order valence-electron chi connectivity index (χ0n) is 12.3. The van der Waals surface area contributed by atoms with E-state index in [4.69, 9.17) is 9.26 Å². The van der Waals surface area contributed by atoms with Crippen molar-refractivity contribution in [1.82, 2.24) is 15.0 Å². The number of carbonyl (C=O) groups is 1. The summed E-state index contributed by atoms with van der Waals surface area (Å²) in [4.78, 5) is 17.6. The fourth-order valence-corrected chi connectivity index (χ4v) is 1.78. The predicted molar refractivity (Wildman–Crippen MR) is 72.1 cm³/mol. The normalized spacial score (nSPS) is 12.4. The molecule has 1 atom stereocenters. The number of ether oxygens (including phenoxy) is 1. The molecule has 0 saturated heterocycles. The van der Waals surface area contributed by atoms with E-state index in [1.165, 1.54) is 12.0 Å². The van der Waals surface area contributed by atoms with Crippen LogP contribution in [0.25, 0.3) is 0 Å². The first-order valence-electron chi connectivity index (χ1n) is 6.79. The molecule has 1 unspecified atom stereocenters. The van der Waals surface area contributed by atoms with Gasteiger partial charge in [0.25, 0.3) is 0 Å². The van der Waals surface area contributed by atoms with Gasteiger partial charge in [0.15, 0.2) is 5.82 Å². The lowest BCUT2D eigenvalue weighted by atomic mass is 10.2. The number of aromatic nitrogens is 2. The van der Waals surface area contributed by atoms with Crippen LogP contribution in [0.4, 0.5) is 0 Å². The van der Waals surface area contributed by atoms with Gasteiger partial charge in [-0.15, -0.1) is 0 Å². The van der Waals surface area contributed by atoms with Crippen LogP contribution in [-0.4, -0.2) is 59.5 Å².